The summed E-state index contributed by atoms with van der Waals surface area (Å²) in [5.74, 6) is 1.10. The Bertz CT molecular complexity index is 3100. The predicted octanol–water partition coefficient (Wildman–Crippen LogP) is 13.7. The number of imidazole rings is 1. The molecular formula is C49H32N2S. The minimum absolute atomic E-state index is 0.859. The predicted molar refractivity (Wildman–Crippen MR) is 221 cm³/mol. The number of hydrogen-bond donors (Lipinski definition) is 0. The van der Waals surface area contributed by atoms with Gasteiger partial charge in [0, 0.05) is 21.8 Å². The van der Waals surface area contributed by atoms with Crippen LogP contribution >= 0.6 is 11.8 Å². The number of aryl methyl sites for hydroxylation is 1. The molecule has 0 aliphatic carbocycles. The van der Waals surface area contributed by atoms with Crippen LogP contribution in [0.1, 0.15) is 12.7 Å². The molecule has 0 bridgehead atoms. The zero-order chi connectivity index (χ0) is 34.3. The van der Waals surface area contributed by atoms with Crippen molar-refractivity contribution in [3.63, 3.8) is 0 Å². The second-order valence-corrected chi connectivity index (χ2v) is 14.9. The third-order valence-electron chi connectivity index (χ3n) is 10.9. The molecule has 52 heavy (non-hydrogen) atoms. The van der Waals surface area contributed by atoms with Gasteiger partial charge in [-0.25, -0.2) is 4.98 Å². The van der Waals surface area contributed by atoms with Gasteiger partial charge in [0.05, 0.1) is 16.7 Å². The minimum atomic E-state index is 0.859. The highest BCUT2D eigenvalue weighted by Gasteiger charge is 2.26. The molecule has 1 aliphatic rings. The van der Waals surface area contributed by atoms with E-state index in [-0.39, 0.29) is 0 Å². The van der Waals surface area contributed by atoms with Gasteiger partial charge in [-0.15, -0.1) is 0 Å². The van der Waals surface area contributed by atoms with E-state index in [2.05, 4.69) is 175 Å². The number of hydrogen-bond acceptors (Lipinski definition) is 2. The number of benzene rings is 9. The summed E-state index contributed by atoms with van der Waals surface area (Å²) in [7, 11) is 0. The van der Waals surface area contributed by atoms with Crippen molar-refractivity contribution in [2.24, 2.45) is 0 Å². The van der Waals surface area contributed by atoms with Crippen LogP contribution in [-0.2, 0) is 6.42 Å². The fourth-order valence-electron chi connectivity index (χ4n) is 8.55. The second kappa shape index (κ2) is 11.4. The van der Waals surface area contributed by atoms with Crippen LogP contribution in [0.25, 0.3) is 93.2 Å². The van der Waals surface area contributed by atoms with E-state index in [1.807, 2.05) is 11.8 Å². The molecule has 2 heterocycles. The van der Waals surface area contributed by atoms with Crippen molar-refractivity contribution >= 4 is 65.9 Å². The van der Waals surface area contributed by atoms with Crippen LogP contribution in [0.5, 0.6) is 0 Å². The number of rotatable bonds is 4. The first-order valence-corrected chi connectivity index (χ1v) is 18.8. The van der Waals surface area contributed by atoms with Crippen LogP contribution in [0.2, 0.25) is 0 Å². The van der Waals surface area contributed by atoms with E-state index in [0.29, 0.717) is 0 Å². The van der Waals surface area contributed by atoms with Crippen LogP contribution in [0.4, 0.5) is 0 Å². The van der Waals surface area contributed by atoms with Gasteiger partial charge in [-0.1, -0.05) is 146 Å². The Morgan fingerprint density at radius 1 is 0.481 bits per heavy atom. The molecule has 1 aliphatic heterocycles. The minimum Gasteiger partial charge on any atom is -0.293 e. The summed E-state index contributed by atoms with van der Waals surface area (Å²) in [6.45, 7) is 2.21. The van der Waals surface area contributed by atoms with E-state index in [4.69, 9.17) is 4.98 Å². The van der Waals surface area contributed by atoms with Crippen molar-refractivity contribution in [1.82, 2.24) is 9.55 Å². The summed E-state index contributed by atoms with van der Waals surface area (Å²) < 4.78 is 2.43. The van der Waals surface area contributed by atoms with Crippen LogP contribution in [-0.4, -0.2) is 9.55 Å². The molecule has 0 saturated heterocycles. The van der Waals surface area contributed by atoms with E-state index >= 15 is 0 Å². The molecule has 0 radical (unpaired) electrons. The van der Waals surface area contributed by atoms with Gasteiger partial charge >= 0.3 is 0 Å². The number of nitrogens with zero attached hydrogens (tertiary/aromatic N) is 2. The molecule has 10 aromatic rings. The summed E-state index contributed by atoms with van der Waals surface area (Å²) in [5, 5.41) is 10.0. The molecule has 0 saturated carbocycles. The molecule has 0 amide bonds. The second-order valence-electron chi connectivity index (χ2n) is 13.8. The van der Waals surface area contributed by atoms with E-state index in [1.165, 1.54) is 97.5 Å². The molecule has 3 heteroatoms. The summed E-state index contributed by atoms with van der Waals surface area (Å²) in [5.41, 5.74) is 10.9. The van der Waals surface area contributed by atoms with Crippen molar-refractivity contribution in [2.75, 3.05) is 0 Å². The van der Waals surface area contributed by atoms with Crippen molar-refractivity contribution in [3.8, 4) is 39.1 Å². The van der Waals surface area contributed by atoms with Gasteiger partial charge in [0.2, 0.25) is 0 Å². The Hall–Kier alpha value is -6.16. The van der Waals surface area contributed by atoms with Crippen LogP contribution < -0.4 is 0 Å². The summed E-state index contributed by atoms with van der Waals surface area (Å²) in [6, 6.07) is 60.6. The zero-order valence-corrected chi connectivity index (χ0v) is 29.4. The maximum absolute atomic E-state index is 5.12. The molecule has 0 fully saturated rings. The lowest BCUT2D eigenvalue weighted by Gasteiger charge is -2.24. The zero-order valence-electron chi connectivity index (χ0n) is 28.6. The molecule has 0 N–H and O–H groups in total. The maximum Gasteiger partial charge on any atom is 0.114 e. The van der Waals surface area contributed by atoms with Gasteiger partial charge in [-0.2, -0.15) is 0 Å². The highest BCUT2D eigenvalue weighted by Crippen LogP contribution is 2.49. The first-order chi connectivity index (χ1) is 25.7. The highest BCUT2D eigenvalue weighted by atomic mass is 32.2. The third-order valence-corrected chi connectivity index (χ3v) is 12.0. The molecule has 244 valence electrons. The Kier molecular flexibility index (Phi) is 6.50. The Balaban J connectivity index is 1.25. The van der Waals surface area contributed by atoms with Crippen molar-refractivity contribution in [1.29, 1.82) is 0 Å². The first-order valence-electron chi connectivity index (χ1n) is 18.0. The fraction of sp³-hybridized carbons (Fsp3) is 0.0408. The Labute approximate surface area is 306 Å². The van der Waals surface area contributed by atoms with E-state index < -0.39 is 0 Å². The molecule has 0 spiro atoms. The SMILES string of the molecule is CCc1nc2cccc3c2n1-c1c(cccc1-c1ccc2c(-c4ccc5ccccc5c4)c4ccccc4c(-c4ccc5ccccc5c4)c2c1)S3. The summed E-state index contributed by atoms with van der Waals surface area (Å²) in [4.78, 5) is 7.64. The van der Waals surface area contributed by atoms with Crippen molar-refractivity contribution in [2.45, 2.75) is 23.1 Å². The first kappa shape index (κ1) is 29.6. The lowest BCUT2D eigenvalue weighted by Crippen LogP contribution is -2.07. The van der Waals surface area contributed by atoms with Gasteiger partial charge in [0.25, 0.3) is 0 Å². The molecule has 11 rings (SSSR count). The number of para-hydroxylation sites is 2. The summed E-state index contributed by atoms with van der Waals surface area (Å²) in [6.07, 6.45) is 0.859. The largest absolute Gasteiger partial charge is 0.293 e. The lowest BCUT2D eigenvalue weighted by molar-refractivity contribution is 0.889. The Morgan fingerprint density at radius 2 is 1.06 bits per heavy atom. The van der Waals surface area contributed by atoms with Gasteiger partial charge in [-0.3, -0.25) is 4.57 Å². The standard InChI is InChI=1S/C49H32N2S/c1-2-45-50-42-18-10-20-44-49(42)51(45)48-37(17-9-19-43(48)52-44)34-25-26-40-41(29-34)47(36-24-22-31-12-4-6-14-33(31)28-36)39-16-8-7-15-38(39)46(40)35-23-21-30-11-3-5-13-32(30)27-35/h3-29H,2H2,1H3. The topological polar surface area (TPSA) is 17.8 Å². The smallest absolute Gasteiger partial charge is 0.114 e. The average molecular weight is 681 g/mol. The molecule has 9 aromatic carbocycles. The third kappa shape index (κ3) is 4.36. The van der Waals surface area contributed by atoms with E-state index in [9.17, 15) is 0 Å². The van der Waals surface area contributed by atoms with Gasteiger partial charge in [0.1, 0.15) is 5.82 Å². The molecule has 0 unspecified atom stereocenters. The van der Waals surface area contributed by atoms with E-state index in [1.54, 1.807) is 0 Å². The average Bonchev–Trinajstić information content (AvgIpc) is 3.59. The van der Waals surface area contributed by atoms with Crippen molar-refractivity contribution < 1.29 is 0 Å². The van der Waals surface area contributed by atoms with Crippen LogP contribution in [0.3, 0.4) is 0 Å². The van der Waals surface area contributed by atoms with E-state index in [0.717, 1.165) is 17.8 Å². The number of aromatic nitrogens is 2. The quantitative estimate of drug-likeness (QED) is 0.172. The maximum atomic E-state index is 5.12. The number of fused-ring (bicyclic) bond motifs is 6. The molecule has 1 aromatic heterocycles. The van der Waals surface area contributed by atoms with Gasteiger partial charge in [0.15, 0.2) is 0 Å². The van der Waals surface area contributed by atoms with Crippen LogP contribution in [0.15, 0.2) is 174 Å². The molecule has 2 nitrogen and oxygen atoms in total. The lowest BCUT2D eigenvalue weighted by atomic mass is 9.84. The molecular weight excluding hydrogens is 649 g/mol. The van der Waals surface area contributed by atoms with Crippen LogP contribution in [0, 0.1) is 0 Å². The molecule has 0 atom stereocenters. The summed E-state index contributed by atoms with van der Waals surface area (Å²) >= 11 is 1.85. The van der Waals surface area contributed by atoms with Crippen molar-refractivity contribution in [3.05, 3.63) is 170 Å². The van der Waals surface area contributed by atoms with Gasteiger partial charge in [-0.05, 0) is 107 Å². The van der Waals surface area contributed by atoms with Gasteiger partial charge < -0.3 is 0 Å². The highest BCUT2D eigenvalue weighted by molar-refractivity contribution is 7.99. The monoisotopic (exact) mass is 680 g/mol. The Morgan fingerprint density at radius 3 is 1.75 bits per heavy atom. The fourth-order valence-corrected chi connectivity index (χ4v) is 9.67. The normalized spacial score (nSPS) is 12.3.